The van der Waals surface area contributed by atoms with Crippen LogP contribution in [0.4, 0.5) is 5.69 Å². The molecule has 1 rings (SSSR count). The highest BCUT2D eigenvalue weighted by molar-refractivity contribution is 5.99. The van der Waals surface area contributed by atoms with Crippen molar-refractivity contribution in [2.75, 3.05) is 25.5 Å². The van der Waals surface area contributed by atoms with E-state index >= 15 is 0 Å². The maximum absolute atomic E-state index is 11.6. The van der Waals surface area contributed by atoms with Gasteiger partial charge in [-0.05, 0) is 25.1 Å². The van der Waals surface area contributed by atoms with Gasteiger partial charge in [-0.2, -0.15) is 0 Å². The molecular formula is C11H16N2O3. The molecule has 1 aromatic rings. The minimum Gasteiger partial charge on any atom is -0.508 e. The average Bonchev–Trinajstić information content (AvgIpc) is 2.27. The summed E-state index contributed by atoms with van der Waals surface area (Å²) in [6.07, 6.45) is 0. The first kappa shape index (κ1) is 12.3. The number of nitrogens with one attached hydrogen (secondary N) is 1. The summed E-state index contributed by atoms with van der Waals surface area (Å²) in [7, 11) is 0. The van der Waals surface area contributed by atoms with Gasteiger partial charge in [0.1, 0.15) is 5.75 Å². The molecule has 0 radical (unpaired) electrons. The van der Waals surface area contributed by atoms with Crippen molar-refractivity contribution in [2.45, 2.75) is 6.92 Å². The fourth-order valence-electron chi connectivity index (χ4n) is 1.22. The topological polar surface area (TPSA) is 84.6 Å². The van der Waals surface area contributed by atoms with E-state index in [-0.39, 0.29) is 17.2 Å². The van der Waals surface area contributed by atoms with Crippen molar-refractivity contribution < 1.29 is 14.6 Å². The number of rotatable bonds is 5. The number of amides is 1. The van der Waals surface area contributed by atoms with Crippen molar-refractivity contribution in [2.24, 2.45) is 0 Å². The maximum Gasteiger partial charge on any atom is 0.253 e. The summed E-state index contributed by atoms with van der Waals surface area (Å²) in [4.78, 5) is 11.6. The molecule has 0 saturated heterocycles. The molecule has 0 aromatic heterocycles. The zero-order valence-corrected chi connectivity index (χ0v) is 9.19. The Morgan fingerprint density at radius 2 is 2.31 bits per heavy atom. The van der Waals surface area contributed by atoms with Gasteiger partial charge in [0.05, 0.1) is 12.2 Å². The second-order valence-electron chi connectivity index (χ2n) is 3.22. The number of ether oxygens (including phenoxy) is 1. The van der Waals surface area contributed by atoms with E-state index < -0.39 is 0 Å². The van der Waals surface area contributed by atoms with Gasteiger partial charge in [-0.3, -0.25) is 4.79 Å². The molecule has 5 nitrogen and oxygen atoms in total. The standard InChI is InChI=1S/C11H16N2O3/c1-2-16-6-5-13-11(15)9-7-8(14)3-4-10(9)12/h3-4,7,14H,2,5-6,12H2,1H3,(H,13,15). The number of nitrogens with two attached hydrogens (primary N) is 1. The number of anilines is 1. The molecule has 0 fully saturated rings. The van der Waals surface area contributed by atoms with Crippen molar-refractivity contribution in [3.63, 3.8) is 0 Å². The molecule has 0 aliphatic carbocycles. The van der Waals surface area contributed by atoms with E-state index in [1.54, 1.807) is 0 Å². The zero-order valence-electron chi connectivity index (χ0n) is 9.19. The molecule has 16 heavy (non-hydrogen) atoms. The first-order chi connectivity index (χ1) is 7.65. The normalized spacial score (nSPS) is 10.1. The van der Waals surface area contributed by atoms with Gasteiger partial charge in [0.25, 0.3) is 5.91 Å². The number of hydrogen-bond acceptors (Lipinski definition) is 4. The van der Waals surface area contributed by atoms with E-state index in [2.05, 4.69) is 5.32 Å². The molecule has 1 amide bonds. The molecule has 0 aliphatic heterocycles. The summed E-state index contributed by atoms with van der Waals surface area (Å²) < 4.78 is 5.08. The number of aromatic hydroxyl groups is 1. The van der Waals surface area contributed by atoms with Gasteiger partial charge in [-0.25, -0.2) is 0 Å². The Labute approximate surface area is 94.2 Å². The second kappa shape index (κ2) is 5.97. The minimum atomic E-state index is -0.312. The van der Waals surface area contributed by atoms with Crippen LogP contribution in [-0.2, 0) is 4.74 Å². The Balaban J connectivity index is 2.55. The lowest BCUT2D eigenvalue weighted by Gasteiger charge is -2.07. The highest BCUT2D eigenvalue weighted by atomic mass is 16.5. The Morgan fingerprint density at radius 1 is 1.56 bits per heavy atom. The van der Waals surface area contributed by atoms with Crippen LogP contribution in [0.1, 0.15) is 17.3 Å². The van der Waals surface area contributed by atoms with Crippen molar-refractivity contribution >= 4 is 11.6 Å². The van der Waals surface area contributed by atoms with Crippen LogP contribution in [0.2, 0.25) is 0 Å². The molecule has 0 bridgehead atoms. The van der Waals surface area contributed by atoms with Crippen LogP contribution in [0.5, 0.6) is 5.75 Å². The van der Waals surface area contributed by atoms with Gasteiger partial charge in [-0.1, -0.05) is 0 Å². The zero-order chi connectivity index (χ0) is 12.0. The SMILES string of the molecule is CCOCCNC(=O)c1cc(O)ccc1N. The van der Waals surface area contributed by atoms with Gasteiger partial charge < -0.3 is 20.9 Å². The van der Waals surface area contributed by atoms with Crippen LogP contribution < -0.4 is 11.1 Å². The summed E-state index contributed by atoms with van der Waals surface area (Å²) in [5, 5.41) is 11.9. The molecule has 0 unspecified atom stereocenters. The second-order valence-corrected chi connectivity index (χ2v) is 3.22. The van der Waals surface area contributed by atoms with Crippen molar-refractivity contribution in [3.05, 3.63) is 23.8 Å². The van der Waals surface area contributed by atoms with Crippen molar-refractivity contribution in [1.82, 2.24) is 5.32 Å². The van der Waals surface area contributed by atoms with Crippen LogP contribution in [0.15, 0.2) is 18.2 Å². The summed E-state index contributed by atoms with van der Waals surface area (Å²) in [5.74, 6) is -0.294. The van der Waals surface area contributed by atoms with Crippen LogP contribution in [0.25, 0.3) is 0 Å². The minimum absolute atomic E-state index is 0.0177. The molecule has 0 atom stereocenters. The summed E-state index contributed by atoms with van der Waals surface area (Å²) in [5.41, 5.74) is 6.23. The van der Waals surface area contributed by atoms with E-state index in [1.807, 2.05) is 6.92 Å². The van der Waals surface area contributed by atoms with Gasteiger partial charge in [0, 0.05) is 18.8 Å². The van der Waals surface area contributed by atoms with Gasteiger partial charge in [0.15, 0.2) is 0 Å². The van der Waals surface area contributed by atoms with Crippen LogP contribution in [-0.4, -0.2) is 30.8 Å². The van der Waals surface area contributed by atoms with Crippen LogP contribution in [0, 0.1) is 0 Å². The third-order valence-corrected chi connectivity index (χ3v) is 2.02. The third-order valence-electron chi connectivity index (χ3n) is 2.02. The predicted molar refractivity (Wildman–Crippen MR) is 61.3 cm³/mol. The smallest absolute Gasteiger partial charge is 0.253 e. The Kier molecular flexibility index (Phi) is 4.60. The monoisotopic (exact) mass is 224 g/mol. The lowest BCUT2D eigenvalue weighted by Crippen LogP contribution is -2.27. The van der Waals surface area contributed by atoms with Crippen molar-refractivity contribution in [3.8, 4) is 5.75 Å². The maximum atomic E-state index is 11.6. The summed E-state index contributed by atoms with van der Waals surface area (Å²) >= 11 is 0. The number of hydrogen-bond donors (Lipinski definition) is 3. The van der Waals surface area contributed by atoms with Crippen LogP contribution >= 0.6 is 0 Å². The summed E-state index contributed by atoms with van der Waals surface area (Å²) in [6.45, 7) is 3.38. The molecule has 1 aromatic carbocycles. The van der Waals surface area contributed by atoms with E-state index in [9.17, 15) is 9.90 Å². The third kappa shape index (κ3) is 3.43. The average molecular weight is 224 g/mol. The lowest BCUT2D eigenvalue weighted by atomic mass is 10.1. The number of benzene rings is 1. The van der Waals surface area contributed by atoms with E-state index in [1.165, 1.54) is 18.2 Å². The number of carbonyl (C=O) groups is 1. The highest BCUT2D eigenvalue weighted by Gasteiger charge is 2.09. The van der Waals surface area contributed by atoms with Gasteiger partial charge >= 0.3 is 0 Å². The molecule has 5 heteroatoms. The van der Waals surface area contributed by atoms with E-state index in [0.29, 0.717) is 25.4 Å². The van der Waals surface area contributed by atoms with Gasteiger partial charge in [-0.15, -0.1) is 0 Å². The number of phenols is 1. The number of phenolic OH excluding ortho intramolecular Hbond substituents is 1. The molecule has 0 spiro atoms. The molecule has 0 saturated carbocycles. The Hall–Kier alpha value is -1.75. The molecular weight excluding hydrogens is 208 g/mol. The first-order valence-electron chi connectivity index (χ1n) is 5.09. The molecule has 88 valence electrons. The lowest BCUT2D eigenvalue weighted by molar-refractivity contribution is 0.0923. The Bertz CT molecular complexity index is 366. The van der Waals surface area contributed by atoms with E-state index in [0.717, 1.165) is 0 Å². The molecule has 0 aliphatic rings. The molecule has 0 heterocycles. The number of nitrogen functional groups attached to an aromatic ring is 1. The quantitative estimate of drug-likeness (QED) is 0.391. The number of carbonyl (C=O) groups excluding carboxylic acids is 1. The van der Waals surface area contributed by atoms with Crippen LogP contribution in [0.3, 0.4) is 0 Å². The fourth-order valence-corrected chi connectivity index (χ4v) is 1.22. The van der Waals surface area contributed by atoms with Gasteiger partial charge in [0.2, 0.25) is 0 Å². The Morgan fingerprint density at radius 3 is 3.00 bits per heavy atom. The predicted octanol–water partition coefficient (Wildman–Crippen LogP) is 0.741. The summed E-state index contributed by atoms with van der Waals surface area (Å²) in [6, 6.07) is 4.27. The first-order valence-corrected chi connectivity index (χ1v) is 5.09. The fraction of sp³-hybridized carbons (Fsp3) is 0.364. The highest BCUT2D eigenvalue weighted by Crippen LogP contribution is 2.17. The van der Waals surface area contributed by atoms with E-state index in [4.69, 9.17) is 10.5 Å². The van der Waals surface area contributed by atoms with Crippen molar-refractivity contribution in [1.29, 1.82) is 0 Å². The molecule has 4 N–H and O–H groups in total. The largest absolute Gasteiger partial charge is 0.508 e.